The topological polar surface area (TPSA) is 68.1 Å². The SMILES string of the molecule is Cc1ccc2nc(-c3ccccc3Cl)n(C3CCN(S(=O)(=O)c4ccc(C)c(F)c4)CC3)c2n1. The molecule has 5 rings (SSSR count). The third-order valence-electron chi connectivity index (χ3n) is 6.36. The second-order valence-electron chi connectivity index (χ2n) is 8.63. The maximum absolute atomic E-state index is 14.0. The first-order valence-electron chi connectivity index (χ1n) is 11.1. The van der Waals surface area contributed by atoms with Crippen LogP contribution in [-0.4, -0.2) is 40.3 Å². The Bertz CT molecular complexity index is 1490. The zero-order valence-corrected chi connectivity index (χ0v) is 20.4. The molecule has 0 N–H and O–H groups in total. The van der Waals surface area contributed by atoms with Crippen molar-refractivity contribution < 1.29 is 12.8 Å². The summed E-state index contributed by atoms with van der Waals surface area (Å²) in [5, 5.41) is 0.595. The average Bonchev–Trinajstić information content (AvgIpc) is 3.19. The van der Waals surface area contributed by atoms with Crippen LogP contribution in [-0.2, 0) is 10.0 Å². The molecule has 1 saturated heterocycles. The number of nitrogens with zero attached hydrogens (tertiary/aromatic N) is 4. The lowest BCUT2D eigenvalue weighted by atomic mass is 10.1. The van der Waals surface area contributed by atoms with E-state index in [4.69, 9.17) is 21.6 Å². The van der Waals surface area contributed by atoms with Crippen LogP contribution in [0.5, 0.6) is 0 Å². The first kappa shape index (κ1) is 23.0. The fourth-order valence-electron chi connectivity index (χ4n) is 4.47. The van der Waals surface area contributed by atoms with Crippen LogP contribution >= 0.6 is 11.6 Å². The minimum Gasteiger partial charge on any atom is -0.305 e. The molecular weight excluding hydrogens is 475 g/mol. The van der Waals surface area contributed by atoms with Gasteiger partial charge in [-0.25, -0.2) is 22.8 Å². The monoisotopic (exact) mass is 498 g/mol. The average molecular weight is 499 g/mol. The Morgan fingerprint density at radius 2 is 1.74 bits per heavy atom. The van der Waals surface area contributed by atoms with Crippen molar-refractivity contribution in [1.29, 1.82) is 0 Å². The molecule has 1 fully saturated rings. The number of rotatable bonds is 4. The molecule has 176 valence electrons. The largest absolute Gasteiger partial charge is 0.305 e. The van der Waals surface area contributed by atoms with Crippen LogP contribution in [0.1, 0.15) is 30.1 Å². The Balaban J connectivity index is 1.49. The number of aromatic nitrogens is 3. The number of imidazole rings is 1. The molecular formula is C25H24ClFN4O2S. The molecule has 4 aromatic rings. The normalized spacial score (nSPS) is 15.8. The molecule has 0 bridgehead atoms. The van der Waals surface area contributed by atoms with Crippen LogP contribution in [0.25, 0.3) is 22.6 Å². The molecule has 1 aliphatic rings. The number of sulfonamides is 1. The van der Waals surface area contributed by atoms with Crippen molar-refractivity contribution in [2.75, 3.05) is 13.1 Å². The summed E-state index contributed by atoms with van der Waals surface area (Å²) in [4.78, 5) is 9.56. The second-order valence-corrected chi connectivity index (χ2v) is 11.0. The fourth-order valence-corrected chi connectivity index (χ4v) is 6.17. The van der Waals surface area contributed by atoms with E-state index in [1.54, 1.807) is 6.92 Å². The van der Waals surface area contributed by atoms with Crippen molar-refractivity contribution in [2.24, 2.45) is 0 Å². The van der Waals surface area contributed by atoms with Gasteiger partial charge in [0.15, 0.2) is 5.65 Å². The van der Waals surface area contributed by atoms with Crippen LogP contribution in [0.15, 0.2) is 59.5 Å². The number of fused-ring (bicyclic) bond motifs is 1. The summed E-state index contributed by atoms with van der Waals surface area (Å²) in [7, 11) is -3.78. The van der Waals surface area contributed by atoms with Gasteiger partial charge in [0.1, 0.15) is 17.2 Å². The predicted octanol–water partition coefficient (Wildman–Crippen LogP) is 5.53. The van der Waals surface area contributed by atoms with E-state index < -0.39 is 15.8 Å². The summed E-state index contributed by atoms with van der Waals surface area (Å²) in [6, 6.07) is 15.5. The number of halogens is 2. The van der Waals surface area contributed by atoms with E-state index in [1.165, 1.54) is 16.4 Å². The second kappa shape index (κ2) is 8.76. The fraction of sp³-hybridized carbons (Fsp3) is 0.280. The van der Waals surface area contributed by atoms with Crippen molar-refractivity contribution in [3.05, 3.63) is 76.7 Å². The van der Waals surface area contributed by atoms with Crippen LogP contribution in [0.2, 0.25) is 5.02 Å². The first-order valence-corrected chi connectivity index (χ1v) is 12.9. The van der Waals surface area contributed by atoms with Crippen molar-refractivity contribution in [3.63, 3.8) is 0 Å². The number of benzene rings is 2. The molecule has 0 spiro atoms. The Kier molecular flexibility index (Phi) is 5.91. The van der Waals surface area contributed by atoms with Gasteiger partial charge in [0.25, 0.3) is 0 Å². The molecule has 0 aliphatic carbocycles. The zero-order valence-electron chi connectivity index (χ0n) is 18.9. The lowest BCUT2D eigenvalue weighted by Gasteiger charge is -2.32. The molecule has 6 nitrogen and oxygen atoms in total. The van der Waals surface area contributed by atoms with Crippen molar-refractivity contribution >= 4 is 32.8 Å². The van der Waals surface area contributed by atoms with Gasteiger partial charge in [-0.3, -0.25) is 0 Å². The molecule has 0 radical (unpaired) electrons. The van der Waals surface area contributed by atoms with Crippen LogP contribution in [0.4, 0.5) is 4.39 Å². The molecule has 1 aliphatic heterocycles. The van der Waals surface area contributed by atoms with Crippen LogP contribution in [0.3, 0.4) is 0 Å². The van der Waals surface area contributed by atoms with Crippen molar-refractivity contribution in [2.45, 2.75) is 37.6 Å². The van der Waals surface area contributed by atoms with Gasteiger partial charge in [-0.15, -0.1) is 0 Å². The van der Waals surface area contributed by atoms with Crippen LogP contribution < -0.4 is 0 Å². The lowest BCUT2D eigenvalue weighted by molar-refractivity contribution is 0.278. The number of pyridine rings is 1. The number of aryl methyl sites for hydroxylation is 2. The van der Waals surface area contributed by atoms with Crippen molar-refractivity contribution in [1.82, 2.24) is 18.8 Å². The van der Waals surface area contributed by atoms with Crippen molar-refractivity contribution in [3.8, 4) is 11.4 Å². The Morgan fingerprint density at radius 3 is 2.44 bits per heavy atom. The third kappa shape index (κ3) is 4.00. The van der Waals surface area contributed by atoms with Gasteiger partial charge in [0.2, 0.25) is 10.0 Å². The molecule has 0 unspecified atom stereocenters. The Labute approximate surface area is 203 Å². The highest BCUT2D eigenvalue weighted by molar-refractivity contribution is 7.89. The van der Waals surface area contributed by atoms with E-state index in [0.717, 1.165) is 34.3 Å². The predicted molar refractivity (Wildman–Crippen MR) is 131 cm³/mol. The van der Waals surface area contributed by atoms with E-state index in [-0.39, 0.29) is 10.9 Å². The summed E-state index contributed by atoms with van der Waals surface area (Å²) in [5.41, 5.74) is 3.63. The third-order valence-corrected chi connectivity index (χ3v) is 8.59. The van der Waals surface area contributed by atoms with E-state index in [9.17, 15) is 12.8 Å². The summed E-state index contributed by atoms with van der Waals surface area (Å²) >= 11 is 6.51. The van der Waals surface area contributed by atoms with Gasteiger partial charge in [-0.05, 0) is 68.7 Å². The van der Waals surface area contributed by atoms with Gasteiger partial charge in [0.05, 0.1) is 9.92 Å². The van der Waals surface area contributed by atoms with Gasteiger partial charge in [-0.2, -0.15) is 4.31 Å². The minimum absolute atomic E-state index is 0.00761. The maximum atomic E-state index is 14.0. The molecule has 2 aromatic heterocycles. The van der Waals surface area contributed by atoms with E-state index in [0.29, 0.717) is 36.5 Å². The molecule has 0 atom stereocenters. The maximum Gasteiger partial charge on any atom is 0.243 e. The lowest BCUT2D eigenvalue weighted by Crippen LogP contribution is -2.39. The number of hydrogen-bond acceptors (Lipinski definition) is 4. The molecule has 2 aromatic carbocycles. The van der Waals surface area contributed by atoms with Gasteiger partial charge < -0.3 is 4.57 Å². The van der Waals surface area contributed by atoms with Gasteiger partial charge in [0, 0.05) is 30.4 Å². The van der Waals surface area contributed by atoms with E-state index in [2.05, 4.69) is 4.57 Å². The quantitative estimate of drug-likeness (QED) is 0.371. The molecule has 9 heteroatoms. The van der Waals surface area contributed by atoms with E-state index in [1.807, 2.05) is 43.3 Å². The smallest absolute Gasteiger partial charge is 0.243 e. The summed E-state index contributed by atoms with van der Waals surface area (Å²) in [6.07, 6.45) is 1.15. The Hall–Kier alpha value is -2.81. The zero-order chi connectivity index (χ0) is 24.0. The van der Waals surface area contributed by atoms with Crippen LogP contribution in [0, 0.1) is 19.7 Å². The van der Waals surface area contributed by atoms with E-state index >= 15 is 0 Å². The summed E-state index contributed by atoms with van der Waals surface area (Å²) in [5.74, 6) is 0.201. The molecule has 3 heterocycles. The van der Waals surface area contributed by atoms with Gasteiger partial charge in [-0.1, -0.05) is 29.8 Å². The first-order chi connectivity index (χ1) is 16.3. The highest BCUT2D eigenvalue weighted by Gasteiger charge is 2.32. The summed E-state index contributed by atoms with van der Waals surface area (Å²) < 4.78 is 43.8. The highest BCUT2D eigenvalue weighted by Crippen LogP contribution is 2.36. The van der Waals surface area contributed by atoms with Gasteiger partial charge >= 0.3 is 0 Å². The molecule has 34 heavy (non-hydrogen) atoms. The standard InChI is InChI=1S/C25H24ClFN4O2S/c1-16-7-9-19(15-22(16)27)34(32,33)30-13-11-18(12-14-30)31-24(20-5-3-4-6-21(20)26)29-23-10-8-17(2)28-25(23)31/h3-10,15,18H,11-14H2,1-2H3. The number of hydrogen-bond donors (Lipinski definition) is 0. The highest BCUT2D eigenvalue weighted by atomic mass is 35.5. The molecule has 0 amide bonds. The minimum atomic E-state index is -3.78. The summed E-state index contributed by atoms with van der Waals surface area (Å²) in [6.45, 7) is 4.17. The number of piperidine rings is 1. The Morgan fingerprint density at radius 1 is 1.00 bits per heavy atom. The molecule has 0 saturated carbocycles.